The summed E-state index contributed by atoms with van der Waals surface area (Å²) in [7, 11) is 0. The van der Waals surface area contributed by atoms with Gasteiger partial charge < -0.3 is 4.74 Å². The summed E-state index contributed by atoms with van der Waals surface area (Å²) < 4.78 is 5.98. The fourth-order valence-electron chi connectivity index (χ4n) is 5.30. The number of hydrogen-bond acceptors (Lipinski definition) is 2. The number of benzene rings is 1. The maximum Gasteiger partial charge on any atom is 0.338 e. The maximum atomic E-state index is 12.5. The zero-order valence-electron chi connectivity index (χ0n) is 14.8. The number of carbonyl (C=O) groups excluding carboxylic acids is 1. The molecule has 23 heavy (non-hydrogen) atoms. The van der Waals surface area contributed by atoms with Crippen molar-refractivity contribution in [1.29, 1.82) is 0 Å². The Labute approximate surface area is 140 Å². The molecule has 2 nitrogen and oxygen atoms in total. The fraction of sp³-hybridized carbons (Fsp3) is 0.667. The highest BCUT2D eigenvalue weighted by Crippen LogP contribution is 2.58. The van der Waals surface area contributed by atoms with Crippen LogP contribution in [-0.2, 0) is 4.74 Å². The first-order chi connectivity index (χ1) is 11.1. The van der Waals surface area contributed by atoms with Crippen molar-refractivity contribution in [2.45, 2.75) is 65.4 Å². The van der Waals surface area contributed by atoms with Gasteiger partial charge in [0.1, 0.15) is 6.10 Å². The molecule has 5 atom stereocenters. The van der Waals surface area contributed by atoms with E-state index in [1.54, 1.807) is 0 Å². The molecule has 126 valence electrons. The van der Waals surface area contributed by atoms with Crippen molar-refractivity contribution in [3.63, 3.8) is 0 Å². The Morgan fingerprint density at radius 2 is 2.00 bits per heavy atom. The Bertz CT molecular complexity index is 538. The van der Waals surface area contributed by atoms with Crippen molar-refractivity contribution in [3.8, 4) is 0 Å². The minimum atomic E-state index is -0.146. The Kier molecular flexibility index (Phi) is 4.79. The molecule has 0 spiro atoms. The highest BCUT2D eigenvalue weighted by atomic mass is 16.5. The SMILES string of the molecule is CCC(C)[C@H]1CC[C@H]2[C@@H](OC(=O)c3ccccc3)CCC[C@]12C. The lowest BCUT2D eigenvalue weighted by Crippen LogP contribution is -2.43. The normalized spacial score (nSPS) is 34.7. The summed E-state index contributed by atoms with van der Waals surface area (Å²) >= 11 is 0. The molecule has 3 rings (SSSR count). The number of rotatable bonds is 4. The Morgan fingerprint density at radius 1 is 1.26 bits per heavy atom. The van der Waals surface area contributed by atoms with Gasteiger partial charge in [-0.3, -0.25) is 0 Å². The molecule has 0 N–H and O–H groups in total. The standard InChI is InChI=1S/C21H30O2/c1-4-15(2)17-12-13-18-19(11-8-14-21(17,18)3)23-20(22)16-9-6-5-7-10-16/h5-7,9-10,15,17-19H,4,8,11-14H2,1-3H3/t15?,17-,18+,19+,21-/m1/s1. The van der Waals surface area contributed by atoms with Gasteiger partial charge in [-0.25, -0.2) is 4.79 Å². The molecular formula is C21H30O2. The Hall–Kier alpha value is -1.31. The first kappa shape index (κ1) is 16.5. The van der Waals surface area contributed by atoms with Gasteiger partial charge in [0.05, 0.1) is 5.56 Å². The summed E-state index contributed by atoms with van der Waals surface area (Å²) in [5, 5.41) is 0. The quantitative estimate of drug-likeness (QED) is 0.688. The molecule has 0 amide bonds. The second-order valence-corrected chi connectivity index (χ2v) is 7.88. The molecule has 1 aromatic rings. The van der Waals surface area contributed by atoms with E-state index in [0.29, 0.717) is 16.9 Å². The van der Waals surface area contributed by atoms with Gasteiger partial charge in [-0.15, -0.1) is 0 Å². The molecule has 2 heteroatoms. The van der Waals surface area contributed by atoms with Crippen molar-refractivity contribution < 1.29 is 9.53 Å². The average molecular weight is 314 g/mol. The molecular weight excluding hydrogens is 284 g/mol. The van der Waals surface area contributed by atoms with Crippen molar-refractivity contribution in [2.75, 3.05) is 0 Å². The van der Waals surface area contributed by atoms with Gasteiger partial charge in [-0.2, -0.15) is 0 Å². The third-order valence-corrected chi connectivity index (χ3v) is 6.73. The van der Waals surface area contributed by atoms with E-state index in [1.807, 2.05) is 30.3 Å². The van der Waals surface area contributed by atoms with E-state index >= 15 is 0 Å². The molecule has 0 aliphatic heterocycles. The lowest BCUT2D eigenvalue weighted by atomic mass is 9.61. The third kappa shape index (κ3) is 3.05. The third-order valence-electron chi connectivity index (χ3n) is 6.73. The second kappa shape index (κ2) is 6.67. The molecule has 2 fully saturated rings. The first-order valence-corrected chi connectivity index (χ1v) is 9.32. The monoisotopic (exact) mass is 314 g/mol. The lowest BCUT2D eigenvalue weighted by molar-refractivity contribution is -0.0469. The van der Waals surface area contributed by atoms with Crippen LogP contribution in [0.5, 0.6) is 0 Å². The van der Waals surface area contributed by atoms with E-state index in [2.05, 4.69) is 20.8 Å². The molecule has 0 bridgehead atoms. The van der Waals surface area contributed by atoms with Gasteiger partial charge in [0.2, 0.25) is 0 Å². The number of esters is 1. The van der Waals surface area contributed by atoms with Crippen LogP contribution in [0, 0.1) is 23.2 Å². The van der Waals surface area contributed by atoms with Crippen LogP contribution in [0.2, 0.25) is 0 Å². The van der Waals surface area contributed by atoms with Crippen molar-refractivity contribution in [2.24, 2.45) is 23.2 Å². The predicted molar refractivity (Wildman–Crippen MR) is 93.3 cm³/mol. The van der Waals surface area contributed by atoms with E-state index in [0.717, 1.165) is 18.3 Å². The number of ether oxygens (including phenoxy) is 1. The maximum absolute atomic E-state index is 12.5. The summed E-state index contributed by atoms with van der Waals surface area (Å²) in [6.07, 6.45) is 7.40. The highest BCUT2D eigenvalue weighted by molar-refractivity contribution is 5.89. The molecule has 1 unspecified atom stereocenters. The predicted octanol–water partition coefficient (Wildman–Crippen LogP) is 5.47. The average Bonchev–Trinajstić information content (AvgIpc) is 2.93. The van der Waals surface area contributed by atoms with Crippen molar-refractivity contribution in [1.82, 2.24) is 0 Å². The largest absolute Gasteiger partial charge is 0.458 e. The Balaban J connectivity index is 1.74. The smallest absolute Gasteiger partial charge is 0.338 e. The minimum Gasteiger partial charge on any atom is -0.458 e. The molecule has 2 aliphatic carbocycles. The van der Waals surface area contributed by atoms with Crippen LogP contribution in [0.4, 0.5) is 0 Å². The van der Waals surface area contributed by atoms with Gasteiger partial charge in [0.25, 0.3) is 0 Å². The van der Waals surface area contributed by atoms with Crippen LogP contribution in [0.15, 0.2) is 30.3 Å². The number of hydrogen-bond donors (Lipinski definition) is 0. The lowest BCUT2D eigenvalue weighted by Gasteiger charge is -2.46. The topological polar surface area (TPSA) is 26.3 Å². The summed E-state index contributed by atoms with van der Waals surface area (Å²) in [6, 6.07) is 9.43. The van der Waals surface area contributed by atoms with Crippen molar-refractivity contribution in [3.05, 3.63) is 35.9 Å². The number of fused-ring (bicyclic) bond motifs is 1. The van der Waals surface area contributed by atoms with Crippen LogP contribution < -0.4 is 0 Å². The van der Waals surface area contributed by atoms with E-state index < -0.39 is 0 Å². The molecule has 0 radical (unpaired) electrons. The van der Waals surface area contributed by atoms with Gasteiger partial charge in [-0.1, -0.05) is 45.4 Å². The molecule has 0 saturated heterocycles. The molecule has 2 aliphatic rings. The summed E-state index contributed by atoms with van der Waals surface area (Å²) in [5.74, 6) is 1.96. The summed E-state index contributed by atoms with van der Waals surface area (Å²) in [4.78, 5) is 12.5. The van der Waals surface area contributed by atoms with E-state index in [1.165, 1.54) is 32.1 Å². The molecule has 2 saturated carbocycles. The zero-order valence-corrected chi connectivity index (χ0v) is 14.8. The van der Waals surface area contributed by atoms with Gasteiger partial charge in [0.15, 0.2) is 0 Å². The molecule has 0 aromatic heterocycles. The van der Waals surface area contributed by atoms with Crippen LogP contribution in [0.1, 0.15) is 69.7 Å². The van der Waals surface area contributed by atoms with E-state index in [4.69, 9.17) is 4.74 Å². The van der Waals surface area contributed by atoms with E-state index in [-0.39, 0.29) is 12.1 Å². The summed E-state index contributed by atoms with van der Waals surface area (Å²) in [5.41, 5.74) is 1.03. The van der Waals surface area contributed by atoms with Crippen molar-refractivity contribution >= 4 is 5.97 Å². The fourth-order valence-corrected chi connectivity index (χ4v) is 5.30. The van der Waals surface area contributed by atoms with Crippen LogP contribution >= 0.6 is 0 Å². The molecule has 0 heterocycles. The zero-order chi connectivity index (χ0) is 16.4. The van der Waals surface area contributed by atoms with Crippen LogP contribution in [0.3, 0.4) is 0 Å². The van der Waals surface area contributed by atoms with Gasteiger partial charge in [-0.05, 0) is 61.5 Å². The Morgan fingerprint density at radius 3 is 2.70 bits per heavy atom. The highest BCUT2D eigenvalue weighted by Gasteiger charge is 2.53. The van der Waals surface area contributed by atoms with E-state index in [9.17, 15) is 4.79 Å². The second-order valence-electron chi connectivity index (χ2n) is 7.88. The van der Waals surface area contributed by atoms with Crippen LogP contribution in [-0.4, -0.2) is 12.1 Å². The van der Waals surface area contributed by atoms with Crippen LogP contribution in [0.25, 0.3) is 0 Å². The van der Waals surface area contributed by atoms with Gasteiger partial charge >= 0.3 is 5.97 Å². The number of carbonyl (C=O) groups is 1. The van der Waals surface area contributed by atoms with Gasteiger partial charge in [0, 0.05) is 5.92 Å². The minimum absolute atomic E-state index is 0.107. The summed E-state index contributed by atoms with van der Waals surface area (Å²) in [6.45, 7) is 7.17. The first-order valence-electron chi connectivity index (χ1n) is 9.32. The molecule has 1 aromatic carbocycles.